The van der Waals surface area contributed by atoms with Gasteiger partial charge in [-0.3, -0.25) is 0 Å². The summed E-state index contributed by atoms with van der Waals surface area (Å²) < 4.78 is 15.5. The van der Waals surface area contributed by atoms with Crippen molar-refractivity contribution in [3.63, 3.8) is 0 Å². The van der Waals surface area contributed by atoms with Crippen molar-refractivity contribution in [1.29, 1.82) is 0 Å². The molecule has 0 bridgehead atoms. The molecule has 4 nitrogen and oxygen atoms in total. The zero-order chi connectivity index (χ0) is 8.65. The van der Waals surface area contributed by atoms with E-state index in [9.17, 15) is 0 Å². The van der Waals surface area contributed by atoms with Gasteiger partial charge >= 0.3 is 0 Å². The van der Waals surface area contributed by atoms with Crippen LogP contribution >= 0.6 is 0 Å². The molecule has 1 aliphatic heterocycles. The average Bonchev–Trinajstić information content (AvgIpc) is 2.14. The summed E-state index contributed by atoms with van der Waals surface area (Å²) in [4.78, 5) is 1.47. The maximum Gasteiger partial charge on any atom is 0.181 e. The second-order valence-corrected chi connectivity index (χ2v) is 2.91. The monoisotopic (exact) mass is 176 g/mol. The summed E-state index contributed by atoms with van der Waals surface area (Å²) >= 11 is 0. The van der Waals surface area contributed by atoms with Crippen LogP contribution in [-0.2, 0) is 14.2 Å². The van der Waals surface area contributed by atoms with Gasteiger partial charge in [-0.05, 0) is 0 Å². The van der Waals surface area contributed by atoms with Crippen molar-refractivity contribution in [2.75, 3.05) is 53.4 Å². The molecule has 0 aromatic heterocycles. The Morgan fingerprint density at radius 1 is 1.25 bits per heavy atom. The van der Waals surface area contributed by atoms with Gasteiger partial charge in [0.25, 0.3) is 0 Å². The molecule has 0 unspecified atom stereocenters. The van der Waals surface area contributed by atoms with E-state index in [1.807, 2.05) is 0 Å². The summed E-state index contributed by atoms with van der Waals surface area (Å²) in [5.74, 6) is 0. The molecule has 1 rings (SSSR count). The normalized spacial score (nSPS) is 19.8. The van der Waals surface area contributed by atoms with Crippen LogP contribution in [0.2, 0.25) is 0 Å². The Bertz CT molecular complexity index is 104. The Kier molecular flexibility index (Phi) is 5.27. The molecule has 0 radical (unpaired) electrons. The minimum absolute atomic E-state index is 0.684. The largest absolute Gasteiger partial charge is 0.382 e. The number of rotatable bonds is 5. The minimum atomic E-state index is 0.684. The third kappa shape index (κ3) is 4.01. The lowest BCUT2D eigenvalue weighted by molar-refractivity contribution is -0.927. The van der Waals surface area contributed by atoms with E-state index < -0.39 is 0 Å². The fraction of sp³-hybridized carbons (Fsp3) is 1.00. The van der Waals surface area contributed by atoms with Crippen molar-refractivity contribution < 1.29 is 19.1 Å². The molecule has 0 aliphatic carbocycles. The first kappa shape index (κ1) is 9.92. The molecule has 4 heteroatoms. The molecule has 0 spiro atoms. The van der Waals surface area contributed by atoms with E-state index in [0.29, 0.717) is 13.2 Å². The molecule has 1 fully saturated rings. The number of nitrogens with one attached hydrogen (secondary N) is 1. The van der Waals surface area contributed by atoms with Crippen LogP contribution < -0.4 is 4.90 Å². The van der Waals surface area contributed by atoms with E-state index in [1.165, 1.54) is 4.90 Å². The van der Waals surface area contributed by atoms with Gasteiger partial charge in [-0.2, -0.15) is 0 Å². The van der Waals surface area contributed by atoms with Crippen LogP contribution in [0.15, 0.2) is 0 Å². The molecule has 0 saturated carbocycles. The van der Waals surface area contributed by atoms with Crippen LogP contribution in [0.4, 0.5) is 0 Å². The predicted molar refractivity (Wildman–Crippen MR) is 44.2 cm³/mol. The summed E-state index contributed by atoms with van der Waals surface area (Å²) in [6.07, 6.45) is 0. The molecular weight excluding hydrogens is 158 g/mol. The van der Waals surface area contributed by atoms with Crippen LogP contribution in [-0.4, -0.2) is 53.4 Å². The van der Waals surface area contributed by atoms with Gasteiger partial charge in [0.1, 0.15) is 13.1 Å². The second-order valence-electron chi connectivity index (χ2n) is 2.91. The molecule has 12 heavy (non-hydrogen) atoms. The molecule has 0 aromatic rings. The van der Waals surface area contributed by atoms with Gasteiger partial charge in [-0.25, -0.2) is 0 Å². The van der Waals surface area contributed by atoms with Gasteiger partial charge in [0, 0.05) is 7.11 Å². The van der Waals surface area contributed by atoms with Gasteiger partial charge in [-0.1, -0.05) is 0 Å². The Balaban J connectivity index is 1.91. The third-order valence-electron chi connectivity index (χ3n) is 1.94. The zero-order valence-corrected chi connectivity index (χ0v) is 7.67. The first-order valence-corrected chi connectivity index (χ1v) is 4.41. The van der Waals surface area contributed by atoms with Crippen molar-refractivity contribution in [3.8, 4) is 0 Å². The fourth-order valence-electron chi connectivity index (χ4n) is 1.16. The third-order valence-corrected chi connectivity index (χ3v) is 1.94. The fourth-order valence-corrected chi connectivity index (χ4v) is 1.16. The van der Waals surface area contributed by atoms with E-state index in [4.69, 9.17) is 14.2 Å². The molecule has 0 amide bonds. The van der Waals surface area contributed by atoms with Crippen LogP contribution in [0.5, 0.6) is 0 Å². The van der Waals surface area contributed by atoms with Gasteiger partial charge < -0.3 is 19.1 Å². The van der Waals surface area contributed by atoms with E-state index in [1.54, 1.807) is 7.11 Å². The molecule has 1 N–H and O–H groups in total. The van der Waals surface area contributed by atoms with Crippen LogP contribution in [0.3, 0.4) is 0 Å². The van der Waals surface area contributed by atoms with Gasteiger partial charge in [0.2, 0.25) is 0 Å². The van der Waals surface area contributed by atoms with Crippen molar-refractivity contribution in [2.24, 2.45) is 0 Å². The number of methoxy groups -OCH3 is 1. The quantitative estimate of drug-likeness (QED) is 0.519. The predicted octanol–water partition coefficient (Wildman–Crippen LogP) is -1.48. The summed E-state index contributed by atoms with van der Waals surface area (Å²) in [5, 5.41) is 0. The summed E-state index contributed by atoms with van der Waals surface area (Å²) in [6, 6.07) is 0. The standard InChI is InChI=1S/C8H17NO3/c1-10-6-7-12-8-9-2-4-11-5-3-9/h2-8H2,1H3/p+1. The molecular formula is C8H18NO3+. The first-order chi connectivity index (χ1) is 5.93. The van der Waals surface area contributed by atoms with Crippen molar-refractivity contribution >= 4 is 0 Å². The molecule has 0 aromatic carbocycles. The second kappa shape index (κ2) is 6.37. The first-order valence-electron chi connectivity index (χ1n) is 4.41. The van der Waals surface area contributed by atoms with Gasteiger partial charge in [0.05, 0.1) is 26.4 Å². The smallest absolute Gasteiger partial charge is 0.181 e. The lowest BCUT2D eigenvalue weighted by Gasteiger charge is -2.23. The minimum Gasteiger partial charge on any atom is -0.382 e. The number of hydrogen-bond acceptors (Lipinski definition) is 3. The van der Waals surface area contributed by atoms with Gasteiger partial charge in [0.15, 0.2) is 6.73 Å². The lowest BCUT2D eigenvalue weighted by atomic mass is 10.5. The maximum absolute atomic E-state index is 5.40. The highest BCUT2D eigenvalue weighted by Crippen LogP contribution is 1.76. The number of morpholine rings is 1. The molecule has 72 valence electrons. The average molecular weight is 176 g/mol. The number of ether oxygens (including phenoxy) is 3. The van der Waals surface area contributed by atoms with Crippen LogP contribution in [0.1, 0.15) is 0 Å². The topological polar surface area (TPSA) is 32.1 Å². The van der Waals surface area contributed by atoms with E-state index in [0.717, 1.165) is 33.0 Å². The molecule has 1 aliphatic rings. The van der Waals surface area contributed by atoms with E-state index in [2.05, 4.69) is 0 Å². The van der Waals surface area contributed by atoms with E-state index in [-0.39, 0.29) is 0 Å². The molecule has 1 heterocycles. The van der Waals surface area contributed by atoms with E-state index >= 15 is 0 Å². The Hall–Kier alpha value is -0.160. The van der Waals surface area contributed by atoms with Gasteiger partial charge in [-0.15, -0.1) is 0 Å². The maximum atomic E-state index is 5.40. The highest BCUT2D eigenvalue weighted by molar-refractivity contribution is 4.36. The SMILES string of the molecule is COCCOC[NH+]1CCOCC1. The highest BCUT2D eigenvalue weighted by Gasteiger charge is 2.12. The zero-order valence-electron chi connectivity index (χ0n) is 7.67. The molecule has 0 atom stereocenters. The summed E-state index contributed by atoms with van der Waals surface area (Å²) in [6.45, 7) is 6.02. The lowest BCUT2D eigenvalue weighted by Crippen LogP contribution is -3.14. The van der Waals surface area contributed by atoms with Crippen molar-refractivity contribution in [2.45, 2.75) is 0 Å². The summed E-state index contributed by atoms with van der Waals surface area (Å²) in [5.41, 5.74) is 0. The Morgan fingerprint density at radius 2 is 2.00 bits per heavy atom. The number of quaternary nitrogens is 1. The summed E-state index contributed by atoms with van der Waals surface area (Å²) in [7, 11) is 1.69. The highest BCUT2D eigenvalue weighted by atomic mass is 16.5. The van der Waals surface area contributed by atoms with Crippen LogP contribution in [0, 0.1) is 0 Å². The number of hydrogen-bond donors (Lipinski definition) is 1. The van der Waals surface area contributed by atoms with Crippen molar-refractivity contribution in [3.05, 3.63) is 0 Å². The van der Waals surface area contributed by atoms with Crippen molar-refractivity contribution in [1.82, 2.24) is 0 Å². The Labute approximate surface area is 73.4 Å². The molecule has 1 saturated heterocycles. The van der Waals surface area contributed by atoms with Crippen LogP contribution in [0.25, 0.3) is 0 Å². The Morgan fingerprint density at radius 3 is 2.67 bits per heavy atom.